The molecule has 1 atom stereocenters. The summed E-state index contributed by atoms with van der Waals surface area (Å²) in [6, 6.07) is 30.1. The highest BCUT2D eigenvalue weighted by atomic mass is 32.2. The Hall–Kier alpha value is -4.50. The van der Waals surface area contributed by atoms with E-state index < -0.39 is 34.3 Å². The molecule has 0 unspecified atom stereocenters. The van der Waals surface area contributed by atoms with E-state index in [4.69, 9.17) is 0 Å². The predicted molar refractivity (Wildman–Crippen MR) is 162 cm³/mol. The van der Waals surface area contributed by atoms with E-state index in [0.717, 1.165) is 9.87 Å². The van der Waals surface area contributed by atoms with Crippen LogP contribution in [0.5, 0.6) is 0 Å². The second-order valence-electron chi connectivity index (χ2n) is 10.2. The molecule has 9 heteroatoms. The van der Waals surface area contributed by atoms with Gasteiger partial charge in [0.05, 0.1) is 10.6 Å². The highest BCUT2D eigenvalue weighted by Gasteiger charge is 2.34. The van der Waals surface area contributed by atoms with Crippen molar-refractivity contribution in [2.45, 2.75) is 43.8 Å². The van der Waals surface area contributed by atoms with Gasteiger partial charge in [-0.2, -0.15) is 0 Å². The lowest BCUT2D eigenvalue weighted by atomic mass is 10.0. The van der Waals surface area contributed by atoms with Gasteiger partial charge in [-0.15, -0.1) is 0 Å². The van der Waals surface area contributed by atoms with E-state index in [1.807, 2.05) is 44.2 Å². The second kappa shape index (κ2) is 13.9. The molecule has 42 heavy (non-hydrogen) atoms. The Bertz CT molecular complexity index is 1570. The fourth-order valence-corrected chi connectivity index (χ4v) is 6.00. The summed E-state index contributed by atoms with van der Waals surface area (Å²) < 4.78 is 42.5. The van der Waals surface area contributed by atoms with E-state index in [2.05, 4.69) is 5.32 Å². The number of benzene rings is 4. The molecule has 1 N–H and O–H groups in total. The maximum Gasteiger partial charge on any atom is 0.264 e. The number of carbonyl (C=O) groups excluding carboxylic acids is 2. The maximum atomic E-state index is 14.3. The summed E-state index contributed by atoms with van der Waals surface area (Å²) >= 11 is 0. The maximum absolute atomic E-state index is 14.3. The number of amides is 2. The zero-order chi connectivity index (χ0) is 30.1. The van der Waals surface area contributed by atoms with Gasteiger partial charge in [-0.3, -0.25) is 13.9 Å². The topological polar surface area (TPSA) is 86.8 Å². The van der Waals surface area contributed by atoms with Crippen LogP contribution in [0.25, 0.3) is 0 Å². The summed E-state index contributed by atoms with van der Waals surface area (Å²) in [6.45, 7) is 3.07. The van der Waals surface area contributed by atoms with Crippen molar-refractivity contribution in [3.8, 4) is 0 Å². The van der Waals surface area contributed by atoms with Gasteiger partial charge < -0.3 is 10.2 Å². The number of nitrogens with zero attached hydrogens (tertiary/aromatic N) is 2. The highest BCUT2D eigenvalue weighted by Crippen LogP contribution is 2.25. The molecule has 2 amide bonds. The molecule has 0 aliphatic heterocycles. The molecule has 0 radical (unpaired) electrons. The Balaban J connectivity index is 1.78. The molecule has 4 aromatic carbocycles. The van der Waals surface area contributed by atoms with Crippen LogP contribution in [0, 0.1) is 5.82 Å². The van der Waals surface area contributed by atoms with Crippen LogP contribution in [-0.4, -0.2) is 43.8 Å². The van der Waals surface area contributed by atoms with Gasteiger partial charge in [0.1, 0.15) is 18.4 Å². The van der Waals surface area contributed by atoms with Gasteiger partial charge in [0.2, 0.25) is 11.8 Å². The lowest BCUT2D eigenvalue weighted by molar-refractivity contribution is -0.140. The van der Waals surface area contributed by atoms with Crippen LogP contribution in [-0.2, 0) is 32.6 Å². The standard InChI is InChI=1S/C33H34FN3O4S/c1-25(2)35-33(39)31(22-26-12-6-3-7-13-26)36(23-27-18-20-28(34)21-19-27)32(38)24-37(29-14-8-4-9-15-29)42(40,41)30-16-10-5-11-17-30/h3-21,25,31H,22-24H2,1-2H3,(H,35,39)/t31-/m1/s1. The van der Waals surface area contributed by atoms with Crippen LogP contribution < -0.4 is 9.62 Å². The van der Waals surface area contributed by atoms with Gasteiger partial charge in [0.25, 0.3) is 10.0 Å². The Morgan fingerprint density at radius 1 is 0.762 bits per heavy atom. The van der Waals surface area contributed by atoms with Crippen molar-refractivity contribution in [1.82, 2.24) is 10.2 Å². The number of anilines is 1. The van der Waals surface area contributed by atoms with E-state index in [1.54, 1.807) is 60.7 Å². The third-order valence-corrected chi connectivity index (χ3v) is 8.41. The molecule has 0 saturated carbocycles. The van der Waals surface area contributed by atoms with Crippen molar-refractivity contribution in [1.29, 1.82) is 0 Å². The molecule has 0 spiro atoms. The number of halogens is 1. The van der Waals surface area contributed by atoms with Crippen LogP contribution >= 0.6 is 0 Å². The molecule has 0 heterocycles. The number of sulfonamides is 1. The Kier molecular flexibility index (Phi) is 10.1. The minimum absolute atomic E-state index is 0.0316. The molecule has 0 saturated heterocycles. The quantitative estimate of drug-likeness (QED) is 0.247. The third kappa shape index (κ3) is 7.82. The number of carbonyl (C=O) groups is 2. The molecule has 0 aromatic heterocycles. The zero-order valence-electron chi connectivity index (χ0n) is 23.6. The molecule has 7 nitrogen and oxygen atoms in total. The molecule has 4 aromatic rings. The summed E-state index contributed by atoms with van der Waals surface area (Å²) in [6.07, 6.45) is 0.198. The summed E-state index contributed by atoms with van der Waals surface area (Å²) in [5.74, 6) is -1.39. The monoisotopic (exact) mass is 587 g/mol. The minimum Gasteiger partial charge on any atom is -0.352 e. The number of hydrogen-bond acceptors (Lipinski definition) is 4. The normalized spacial score (nSPS) is 12.0. The molecule has 4 rings (SSSR count). The molecule has 0 bridgehead atoms. The lowest BCUT2D eigenvalue weighted by Crippen LogP contribution is -2.54. The number of para-hydroxylation sites is 1. The molecular formula is C33H34FN3O4S. The number of rotatable bonds is 12. The second-order valence-corrected chi connectivity index (χ2v) is 12.0. The minimum atomic E-state index is -4.15. The van der Waals surface area contributed by atoms with Crippen molar-refractivity contribution in [2.75, 3.05) is 10.8 Å². The van der Waals surface area contributed by atoms with Crippen molar-refractivity contribution in [3.63, 3.8) is 0 Å². The summed E-state index contributed by atoms with van der Waals surface area (Å²) in [4.78, 5) is 29.3. The van der Waals surface area contributed by atoms with Gasteiger partial charge in [-0.05, 0) is 61.4 Å². The first-order valence-corrected chi connectivity index (χ1v) is 15.1. The Morgan fingerprint density at radius 3 is 1.88 bits per heavy atom. The van der Waals surface area contributed by atoms with Crippen LogP contribution in [0.4, 0.5) is 10.1 Å². The van der Waals surface area contributed by atoms with Crippen molar-refractivity contribution in [2.24, 2.45) is 0 Å². The smallest absolute Gasteiger partial charge is 0.264 e. The van der Waals surface area contributed by atoms with Gasteiger partial charge in [-0.1, -0.05) is 78.9 Å². The zero-order valence-corrected chi connectivity index (χ0v) is 24.4. The van der Waals surface area contributed by atoms with Gasteiger partial charge in [0, 0.05) is 19.0 Å². The fourth-order valence-electron chi connectivity index (χ4n) is 4.56. The van der Waals surface area contributed by atoms with Crippen LogP contribution in [0.15, 0.2) is 120 Å². The lowest BCUT2D eigenvalue weighted by Gasteiger charge is -2.34. The number of nitrogens with one attached hydrogen (secondary N) is 1. The fraction of sp³-hybridized carbons (Fsp3) is 0.212. The van der Waals surface area contributed by atoms with E-state index in [0.29, 0.717) is 11.3 Å². The van der Waals surface area contributed by atoms with Gasteiger partial charge in [0.15, 0.2) is 0 Å². The predicted octanol–water partition coefficient (Wildman–Crippen LogP) is 5.19. The average Bonchev–Trinajstić information content (AvgIpc) is 2.99. The van der Waals surface area contributed by atoms with Crippen LogP contribution in [0.2, 0.25) is 0 Å². The first kappa shape index (κ1) is 30.5. The largest absolute Gasteiger partial charge is 0.352 e. The van der Waals surface area contributed by atoms with E-state index >= 15 is 0 Å². The first-order valence-electron chi connectivity index (χ1n) is 13.7. The SMILES string of the molecule is CC(C)NC(=O)[C@@H](Cc1ccccc1)N(Cc1ccc(F)cc1)C(=O)CN(c1ccccc1)S(=O)(=O)c1ccccc1. The highest BCUT2D eigenvalue weighted by molar-refractivity contribution is 7.92. The van der Waals surface area contributed by atoms with Crippen molar-refractivity contribution >= 4 is 27.5 Å². The first-order chi connectivity index (χ1) is 20.1. The van der Waals surface area contributed by atoms with E-state index in [1.165, 1.54) is 29.2 Å². The van der Waals surface area contributed by atoms with Crippen LogP contribution in [0.1, 0.15) is 25.0 Å². The molecule has 0 aliphatic rings. The average molecular weight is 588 g/mol. The van der Waals surface area contributed by atoms with E-state index in [-0.39, 0.29) is 29.8 Å². The van der Waals surface area contributed by atoms with Gasteiger partial charge >= 0.3 is 0 Å². The van der Waals surface area contributed by atoms with E-state index in [9.17, 15) is 22.4 Å². The third-order valence-electron chi connectivity index (χ3n) is 6.62. The van der Waals surface area contributed by atoms with Gasteiger partial charge in [-0.25, -0.2) is 12.8 Å². The Labute approximate surface area is 246 Å². The van der Waals surface area contributed by atoms with Crippen molar-refractivity contribution < 1.29 is 22.4 Å². The molecule has 0 fully saturated rings. The molecule has 0 aliphatic carbocycles. The van der Waals surface area contributed by atoms with Crippen LogP contribution in [0.3, 0.4) is 0 Å². The Morgan fingerprint density at radius 2 is 1.31 bits per heavy atom. The van der Waals surface area contributed by atoms with Crippen molar-refractivity contribution in [3.05, 3.63) is 132 Å². The number of hydrogen-bond donors (Lipinski definition) is 1. The summed E-state index contributed by atoms with van der Waals surface area (Å²) in [7, 11) is -4.15. The molecule has 218 valence electrons. The molecular weight excluding hydrogens is 553 g/mol. The summed E-state index contributed by atoms with van der Waals surface area (Å²) in [5.41, 5.74) is 1.73. The summed E-state index contributed by atoms with van der Waals surface area (Å²) in [5, 5.41) is 2.91.